The highest BCUT2D eigenvalue weighted by Crippen LogP contribution is 2.36. The quantitative estimate of drug-likeness (QED) is 0.921. The summed E-state index contributed by atoms with van der Waals surface area (Å²) in [6.45, 7) is 4.72. The van der Waals surface area contributed by atoms with Crippen molar-refractivity contribution in [3.8, 4) is 5.75 Å². The van der Waals surface area contributed by atoms with Gasteiger partial charge in [-0.2, -0.15) is 0 Å². The Morgan fingerprint density at radius 1 is 1.40 bits per heavy atom. The van der Waals surface area contributed by atoms with E-state index >= 15 is 0 Å². The monoisotopic (exact) mass is 337 g/mol. The van der Waals surface area contributed by atoms with E-state index in [-0.39, 0.29) is 5.41 Å². The van der Waals surface area contributed by atoms with Gasteiger partial charge < -0.3 is 10.1 Å². The number of ketones is 1. The summed E-state index contributed by atoms with van der Waals surface area (Å²) in [4.78, 5) is 12.7. The number of ether oxygens (including phenoxy) is 1. The van der Waals surface area contributed by atoms with Crippen molar-refractivity contribution in [1.29, 1.82) is 0 Å². The fourth-order valence-corrected chi connectivity index (χ4v) is 3.67. The second kappa shape index (κ2) is 5.49. The summed E-state index contributed by atoms with van der Waals surface area (Å²) >= 11 is 3.54. The minimum atomic E-state index is -0.181. The lowest BCUT2D eigenvalue weighted by atomic mass is 9.75. The van der Waals surface area contributed by atoms with Gasteiger partial charge in [0.15, 0.2) is 0 Å². The second-order valence-electron chi connectivity index (χ2n) is 6.06. The third kappa shape index (κ3) is 2.63. The molecule has 1 fully saturated rings. The molecule has 4 heteroatoms. The van der Waals surface area contributed by atoms with Crippen LogP contribution < -0.4 is 10.1 Å². The number of hydrogen-bond acceptors (Lipinski definition) is 3. The zero-order valence-corrected chi connectivity index (χ0v) is 13.4. The average Bonchev–Trinajstić information content (AvgIpc) is 2.87. The van der Waals surface area contributed by atoms with Crippen LogP contribution in [0.4, 0.5) is 0 Å². The average molecular weight is 338 g/mol. The molecule has 0 aliphatic carbocycles. The van der Waals surface area contributed by atoms with Gasteiger partial charge in [-0.05, 0) is 43.6 Å². The normalized spacial score (nSPS) is 20.3. The Bertz CT molecular complexity index is 536. The first-order chi connectivity index (χ1) is 9.58. The first kappa shape index (κ1) is 14.1. The number of hydrogen-bond donors (Lipinski definition) is 1. The Labute approximate surface area is 128 Å². The van der Waals surface area contributed by atoms with E-state index in [1.54, 1.807) is 0 Å². The largest absolute Gasteiger partial charge is 0.493 e. The number of fused-ring (bicyclic) bond motifs is 1. The molecule has 108 valence electrons. The number of halogens is 1. The lowest BCUT2D eigenvalue weighted by Gasteiger charge is -2.32. The molecule has 0 saturated carbocycles. The predicted octanol–water partition coefficient (Wildman–Crippen LogP) is 2.89. The van der Waals surface area contributed by atoms with E-state index in [4.69, 9.17) is 4.74 Å². The van der Waals surface area contributed by atoms with Crippen molar-refractivity contribution in [3.05, 3.63) is 27.7 Å². The van der Waals surface area contributed by atoms with Gasteiger partial charge in [0.25, 0.3) is 0 Å². The molecule has 0 spiro atoms. The van der Waals surface area contributed by atoms with Crippen LogP contribution in [0.5, 0.6) is 5.75 Å². The van der Waals surface area contributed by atoms with Gasteiger partial charge in [-0.1, -0.05) is 22.9 Å². The summed E-state index contributed by atoms with van der Waals surface area (Å²) in [5, 5.41) is 3.33. The van der Waals surface area contributed by atoms with Crippen molar-refractivity contribution in [2.75, 3.05) is 19.7 Å². The predicted molar refractivity (Wildman–Crippen MR) is 82.3 cm³/mol. The van der Waals surface area contributed by atoms with Crippen LogP contribution in [0, 0.1) is 5.41 Å². The summed E-state index contributed by atoms with van der Waals surface area (Å²) in [5.74, 6) is 1.29. The van der Waals surface area contributed by atoms with Gasteiger partial charge in [0.2, 0.25) is 0 Å². The summed E-state index contributed by atoms with van der Waals surface area (Å²) < 4.78 is 6.76. The van der Waals surface area contributed by atoms with E-state index in [2.05, 4.69) is 34.2 Å². The molecule has 0 radical (unpaired) electrons. The zero-order valence-electron chi connectivity index (χ0n) is 11.8. The highest BCUT2D eigenvalue weighted by molar-refractivity contribution is 9.10. The summed E-state index contributed by atoms with van der Waals surface area (Å²) in [6, 6.07) is 4.13. The molecule has 1 N–H and O–H groups in total. The molecule has 0 unspecified atom stereocenters. The number of carbonyl (C=O) groups excluding carboxylic acids is 1. The van der Waals surface area contributed by atoms with Crippen molar-refractivity contribution in [1.82, 2.24) is 5.32 Å². The van der Waals surface area contributed by atoms with Crippen molar-refractivity contribution in [2.24, 2.45) is 5.41 Å². The first-order valence-corrected chi connectivity index (χ1v) is 8.06. The molecular formula is C16H20BrNO2. The van der Waals surface area contributed by atoms with Gasteiger partial charge in [-0.15, -0.1) is 0 Å². The number of piperidine rings is 1. The number of Topliss-reactive ketones (excluding diaryl/α,β-unsaturated/α-hetero) is 1. The summed E-state index contributed by atoms with van der Waals surface area (Å²) in [7, 11) is 0. The van der Waals surface area contributed by atoms with Crippen LogP contribution in [0.25, 0.3) is 0 Å². The fraction of sp³-hybridized carbons (Fsp3) is 0.562. The topological polar surface area (TPSA) is 38.3 Å². The van der Waals surface area contributed by atoms with E-state index in [0.717, 1.165) is 54.7 Å². The number of carbonyl (C=O) groups is 1. The van der Waals surface area contributed by atoms with Crippen LogP contribution in [-0.4, -0.2) is 25.5 Å². The molecule has 0 aromatic heterocycles. The van der Waals surface area contributed by atoms with Crippen molar-refractivity contribution in [3.63, 3.8) is 0 Å². The van der Waals surface area contributed by atoms with E-state index in [1.807, 2.05) is 6.07 Å². The molecule has 0 atom stereocenters. The molecule has 1 aromatic carbocycles. The van der Waals surface area contributed by atoms with Crippen molar-refractivity contribution < 1.29 is 9.53 Å². The molecular weight excluding hydrogens is 318 g/mol. The van der Waals surface area contributed by atoms with Gasteiger partial charge in [-0.25, -0.2) is 0 Å². The fourth-order valence-electron chi connectivity index (χ4n) is 3.12. The highest BCUT2D eigenvalue weighted by atomic mass is 79.9. The molecule has 3 nitrogen and oxygen atoms in total. The maximum atomic E-state index is 12.7. The Morgan fingerprint density at radius 2 is 2.15 bits per heavy atom. The van der Waals surface area contributed by atoms with Gasteiger partial charge in [-0.3, -0.25) is 4.79 Å². The van der Waals surface area contributed by atoms with Gasteiger partial charge in [0.1, 0.15) is 11.5 Å². The van der Waals surface area contributed by atoms with Crippen LogP contribution in [0.3, 0.4) is 0 Å². The third-order valence-corrected chi connectivity index (χ3v) is 5.01. The Balaban J connectivity index is 1.83. The van der Waals surface area contributed by atoms with Gasteiger partial charge in [0, 0.05) is 28.3 Å². The molecule has 0 amide bonds. The van der Waals surface area contributed by atoms with Crippen molar-refractivity contribution >= 4 is 21.7 Å². The maximum absolute atomic E-state index is 12.7. The van der Waals surface area contributed by atoms with E-state index in [9.17, 15) is 4.79 Å². The lowest BCUT2D eigenvalue weighted by Crippen LogP contribution is -2.40. The van der Waals surface area contributed by atoms with Gasteiger partial charge in [0.05, 0.1) is 6.61 Å². The van der Waals surface area contributed by atoms with E-state index < -0.39 is 0 Å². The highest BCUT2D eigenvalue weighted by Gasteiger charge is 2.34. The standard InChI is InChI=1S/C16H20BrNO2/c1-16(3-5-18-6-4-16)14(19)10-12-9-13(17)8-11-2-7-20-15(11)12/h8-9,18H,2-7,10H2,1H3. The molecule has 20 heavy (non-hydrogen) atoms. The molecule has 1 saturated heterocycles. The maximum Gasteiger partial charge on any atom is 0.143 e. The van der Waals surface area contributed by atoms with Crippen LogP contribution >= 0.6 is 15.9 Å². The van der Waals surface area contributed by atoms with E-state index in [1.165, 1.54) is 5.56 Å². The molecule has 1 aromatic rings. The third-order valence-electron chi connectivity index (χ3n) is 4.56. The second-order valence-corrected chi connectivity index (χ2v) is 6.98. The Hall–Kier alpha value is -0.870. The minimum absolute atomic E-state index is 0.181. The summed E-state index contributed by atoms with van der Waals surface area (Å²) in [6.07, 6.45) is 3.29. The molecule has 0 bridgehead atoms. The first-order valence-electron chi connectivity index (χ1n) is 7.27. The smallest absolute Gasteiger partial charge is 0.143 e. The molecule has 2 heterocycles. The SMILES string of the molecule is CC1(C(=O)Cc2cc(Br)cc3c2OCC3)CCNCC1. The molecule has 2 aliphatic rings. The van der Waals surface area contributed by atoms with Crippen LogP contribution in [0.15, 0.2) is 16.6 Å². The molecule has 3 rings (SSSR count). The van der Waals surface area contributed by atoms with Crippen LogP contribution in [-0.2, 0) is 17.6 Å². The summed E-state index contributed by atoms with van der Waals surface area (Å²) in [5.41, 5.74) is 2.08. The number of rotatable bonds is 3. The lowest BCUT2D eigenvalue weighted by molar-refractivity contribution is -0.128. The Morgan fingerprint density at radius 3 is 2.90 bits per heavy atom. The van der Waals surface area contributed by atoms with E-state index in [0.29, 0.717) is 12.2 Å². The number of nitrogens with one attached hydrogen (secondary N) is 1. The zero-order chi connectivity index (χ0) is 14.2. The van der Waals surface area contributed by atoms with Gasteiger partial charge >= 0.3 is 0 Å². The Kier molecular flexibility index (Phi) is 3.87. The number of benzene rings is 1. The minimum Gasteiger partial charge on any atom is -0.493 e. The van der Waals surface area contributed by atoms with Crippen LogP contribution in [0.2, 0.25) is 0 Å². The van der Waals surface area contributed by atoms with Crippen LogP contribution in [0.1, 0.15) is 30.9 Å². The molecule has 2 aliphatic heterocycles. The van der Waals surface area contributed by atoms with Crippen molar-refractivity contribution in [2.45, 2.75) is 32.6 Å².